The molecular weight excluding hydrogens is 330 g/mol. The molecule has 0 aliphatic heterocycles. The number of hydrogen-bond acceptors (Lipinski definition) is 2. The summed E-state index contributed by atoms with van der Waals surface area (Å²) in [5, 5.41) is 6.01. The molecule has 0 saturated heterocycles. The van der Waals surface area contributed by atoms with E-state index in [1.54, 1.807) is 0 Å². The van der Waals surface area contributed by atoms with Gasteiger partial charge in [-0.1, -0.05) is 66.7 Å². The summed E-state index contributed by atoms with van der Waals surface area (Å²) < 4.78 is 2.05. The molecule has 1 aliphatic rings. The lowest BCUT2D eigenvalue weighted by Crippen LogP contribution is -2.11. The molecule has 0 N–H and O–H groups in total. The van der Waals surface area contributed by atoms with Crippen LogP contribution in [0.25, 0.3) is 39.1 Å². The highest BCUT2D eigenvalue weighted by Gasteiger charge is 2.24. The molecule has 0 unspecified atom stereocenters. The Morgan fingerprint density at radius 2 is 1.52 bits per heavy atom. The van der Waals surface area contributed by atoms with Gasteiger partial charge >= 0.3 is 0 Å². The molecule has 0 atom stereocenters. The van der Waals surface area contributed by atoms with Crippen LogP contribution >= 0.6 is 0 Å². The first kappa shape index (κ1) is 14.7. The second-order valence-electron chi connectivity index (χ2n) is 7.06. The summed E-state index contributed by atoms with van der Waals surface area (Å²) in [5.74, 6) is 0. The van der Waals surface area contributed by atoms with Crippen LogP contribution in [0.4, 0.5) is 0 Å². The van der Waals surface area contributed by atoms with Gasteiger partial charge < -0.3 is 0 Å². The van der Waals surface area contributed by atoms with Crippen LogP contribution in [-0.4, -0.2) is 14.6 Å². The fourth-order valence-electron chi connectivity index (χ4n) is 4.28. The van der Waals surface area contributed by atoms with Gasteiger partial charge in [0, 0.05) is 22.1 Å². The first-order valence-electron chi connectivity index (χ1n) is 9.34. The molecule has 3 heteroatoms. The second-order valence-corrected chi connectivity index (χ2v) is 7.06. The van der Waals surface area contributed by atoms with Crippen molar-refractivity contribution in [1.29, 1.82) is 0 Å². The number of aryl methyl sites for hydroxylation is 1. The minimum absolute atomic E-state index is 0.930. The first-order valence-corrected chi connectivity index (χ1v) is 9.34. The molecule has 27 heavy (non-hydrogen) atoms. The average Bonchev–Trinajstić information content (AvgIpc) is 3.11. The Morgan fingerprint density at radius 1 is 0.741 bits per heavy atom. The normalized spacial score (nSPS) is 12.9. The zero-order chi connectivity index (χ0) is 17.8. The van der Waals surface area contributed by atoms with Crippen molar-refractivity contribution in [3.8, 4) is 22.5 Å². The molecule has 128 valence electrons. The third kappa shape index (κ3) is 2.08. The van der Waals surface area contributed by atoms with E-state index in [9.17, 15) is 0 Å². The minimum Gasteiger partial charge on any atom is -0.228 e. The number of nitrogens with zero attached hydrogens (tertiary/aromatic N) is 3. The lowest BCUT2D eigenvalue weighted by Gasteiger charge is -2.22. The van der Waals surface area contributed by atoms with Gasteiger partial charge in [-0.15, -0.1) is 0 Å². The largest absolute Gasteiger partial charge is 0.228 e. The van der Waals surface area contributed by atoms with Crippen LogP contribution in [0.5, 0.6) is 0 Å². The van der Waals surface area contributed by atoms with Crippen molar-refractivity contribution < 1.29 is 0 Å². The van der Waals surface area contributed by atoms with Crippen LogP contribution in [-0.2, 0) is 12.8 Å². The quantitative estimate of drug-likeness (QED) is 0.411. The van der Waals surface area contributed by atoms with E-state index in [1.807, 2.05) is 10.6 Å². The lowest BCUT2D eigenvalue weighted by atomic mass is 9.87. The van der Waals surface area contributed by atoms with Crippen molar-refractivity contribution in [3.05, 3.63) is 90.0 Å². The SMILES string of the molecule is c1ccc(-c2c3c(nc4c5ccccc5nn24)-c2ccccc2CC3)cc1. The van der Waals surface area contributed by atoms with E-state index in [4.69, 9.17) is 10.1 Å². The topological polar surface area (TPSA) is 30.2 Å². The third-order valence-corrected chi connectivity index (χ3v) is 5.52. The summed E-state index contributed by atoms with van der Waals surface area (Å²) >= 11 is 0. The van der Waals surface area contributed by atoms with Gasteiger partial charge in [0.15, 0.2) is 5.65 Å². The lowest BCUT2D eigenvalue weighted by molar-refractivity contribution is 0.881. The highest BCUT2D eigenvalue weighted by atomic mass is 15.3. The number of benzene rings is 3. The van der Waals surface area contributed by atoms with Crippen molar-refractivity contribution in [2.75, 3.05) is 0 Å². The van der Waals surface area contributed by atoms with Crippen molar-refractivity contribution in [1.82, 2.24) is 14.6 Å². The molecule has 0 saturated carbocycles. The van der Waals surface area contributed by atoms with Gasteiger partial charge in [-0.25, -0.2) is 9.50 Å². The highest BCUT2D eigenvalue weighted by molar-refractivity contribution is 5.95. The Morgan fingerprint density at radius 3 is 2.44 bits per heavy atom. The van der Waals surface area contributed by atoms with E-state index in [0.717, 1.165) is 35.1 Å². The third-order valence-electron chi connectivity index (χ3n) is 5.52. The summed E-state index contributed by atoms with van der Waals surface area (Å²) in [7, 11) is 0. The molecule has 3 aromatic carbocycles. The maximum Gasteiger partial charge on any atom is 0.164 e. The molecule has 0 amide bonds. The Hall–Kier alpha value is -3.46. The molecule has 5 aromatic rings. The van der Waals surface area contributed by atoms with E-state index in [2.05, 4.69) is 72.8 Å². The van der Waals surface area contributed by atoms with E-state index < -0.39 is 0 Å². The summed E-state index contributed by atoms with van der Waals surface area (Å²) in [6, 6.07) is 27.5. The summed E-state index contributed by atoms with van der Waals surface area (Å²) in [6.45, 7) is 0. The molecule has 0 fully saturated rings. The molecule has 0 bridgehead atoms. The van der Waals surface area contributed by atoms with Gasteiger partial charge in [-0.2, -0.15) is 5.10 Å². The van der Waals surface area contributed by atoms with Crippen LogP contribution < -0.4 is 0 Å². The molecule has 3 nitrogen and oxygen atoms in total. The monoisotopic (exact) mass is 347 g/mol. The van der Waals surface area contributed by atoms with Gasteiger partial charge in [0.05, 0.1) is 16.9 Å². The standard InChI is InChI=1S/C24H17N3/c1-2-9-17(10-3-1)23-20-15-14-16-8-4-5-11-18(16)22(20)25-24-19-12-6-7-13-21(19)26-27(23)24/h1-13H,14-15H2. The maximum atomic E-state index is 5.13. The van der Waals surface area contributed by atoms with Crippen molar-refractivity contribution in [2.45, 2.75) is 12.8 Å². The van der Waals surface area contributed by atoms with Crippen LogP contribution in [0, 0.1) is 0 Å². The molecule has 2 heterocycles. The smallest absolute Gasteiger partial charge is 0.164 e. The van der Waals surface area contributed by atoms with Gasteiger partial charge in [-0.3, -0.25) is 0 Å². The van der Waals surface area contributed by atoms with E-state index >= 15 is 0 Å². The summed E-state index contributed by atoms with van der Waals surface area (Å²) in [6.07, 6.45) is 2.02. The first-order chi connectivity index (χ1) is 13.4. The number of aromatic nitrogens is 3. The molecule has 0 radical (unpaired) electrons. The Kier molecular flexibility index (Phi) is 3.00. The van der Waals surface area contributed by atoms with Crippen LogP contribution in [0.3, 0.4) is 0 Å². The predicted molar refractivity (Wildman–Crippen MR) is 109 cm³/mol. The fourth-order valence-corrected chi connectivity index (χ4v) is 4.28. The van der Waals surface area contributed by atoms with Crippen LogP contribution in [0.2, 0.25) is 0 Å². The van der Waals surface area contributed by atoms with E-state index in [0.29, 0.717) is 0 Å². The summed E-state index contributed by atoms with van der Waals surface area (Å²) in [4.78, 5) is 5.13. The Balaban J connectivity index is 1.81. The number of hydrogen-bond donors (Lipinski definition) is 0. The van der Waals surface area contributed by atoms with E-state index in [-0.39, 0.29) is 0 Å². The second kappa shape index (κ2) is 5.52. The number of rotatable bonds is 1. The molecule has 0 spiro atoms. The van der Waals surface area contributed by atoms with Gasteiger partial charge in [0.1, 0.15) is 0 Å². The average molecular weight is 347 g/mol. The van der Waals surface area contributed by atoms with Crippen LogP contribution in [0.1, 0.15) is 11.1 Å². The molecular formula is C24H17N3. The van der Waals surface area contributed by atoms with Crippen molar-refractivity contribution in [3.63, 3.8) is 0 Å². The van der Waals surface area contributed by atoms with Crippen molar-refractivity contribution in [2.24, 2.45) is 0 Å². The van der Waals surface area contributed by atoms with Crippen molar-refractivity contribution >= 4 is 16.6 Å². The highest BCUT2D eigenvalue weighted by Crippen LogP contribution is 2.39. The zero-order valence-corrected chi connectivity index (χ0v) is 14.8. The fraction of sp³-hybridized carbons (Fsp3) is 0.0833. The molecule has 2 aromatic heterocycles. The zero-order valence-electron chi connectivity index (χ0n) is 14.8. The van der Waals surface area contributed by atoms with Crippen LogP contribution in [0.15, 0.2) is 78.9 Å². The summed E-state index contributed by atoms with van der Waals surface area (Å²) in [5.41, 5.74) is 9.30. The molecule has 6 rings (SSSR count). The maximum absolute atomic E-state index is 5.13. The number of fused-ring (bicyclic) bond motifs is 6. The van der Waals surface area contributed by atoms with E-state index in [1.165, 1.54) is 27.9 Å². The van der Waals surface area contributed by atoms with Gasteiger partial charge in [0.2, 0.25) is 0 Å². The Bertz CT molecular complexity index is 1320. The minimum atomic E-state index is 0.930. The van der Waals surface area contributed by atoms with Gasteiger partial charge in [0.25, 0.3) is 0 Å². The van der Waals surface area contributed by atoms with Gasteiger partial charge in [-0.05, 0) is 30.5 Å². The molecule has 1 aliphatic carbocycles. The Labute approximate surface area is 156 Å². The predicted octanol–water partition coefficient (Wildman–Crippen LogP) is 5.32.